The van der Waals surface area contributed by atoms with E-state index in [9.17, 15) is 40.7 Å². The first-order valence-corrected chi connectivity index (χ1v) is 11.7. The lowest BCUT2D eigenvalue weighted by atomic mass is 10.0. The second-order valence-electron chi connectivity index (χ2n) is 8.21. The van der Waals surface area contributed by atoms with Crippen molar-refractivity contribution in [2.75, 3.05) is 26.3 Å². The van der Waals surface area contributed by atoms with Crippen LogP contribution in [-0.4, -0.2) is 64.9 Å². The fourth-order valence-corrected chi connectivity index (χ4v) is 4.58. The third-order valence-corrected chi connectivity index (χ3v) is 6.43. The molecule has 8 nitrogen and oxygen atoms in total. The van der Waals surface area contributed by atoms with Gasteiger partial charge in [0, 0.05) is 38.4 Å². The summed E-state index contributed by atoms with van der Waals surface area (Å²) in [5.74, 6) is -2.17. The van der Waals surface area contributed by atoms with Gasteiger partial charge in [0.1, 0.15) is 11.7 Å². The number of alkyl halides is 6. The minimum atomic E-state index is -5.08. The van der Waals surface area contributed by atoms with E-state index in [1.54, 1.807) is 0 Å². The van der Waals surface area contributed by atoms with Crippen molar-refractivity contribution in [2.24, 2.45) is 5.73 Å². The monoisotopic (exact) mass is 552 g/mol. The van der Waals surface area contributed by atoms with Crippen LogP contribution in [0.1, 0.15) is 39.1 Å². The quantitative estimate of drug-likeness (QED) is 0.532. The van der Waals surface area contributed by atoms with Crippen LogP contribution in [0.15, 0.2) is 23.6 Å². The van der Waals surface area contributed by atoms with Gasteiger partial charge in [0.25, 0.3) is 5.91 Å². The van der Waals surface area contributed by atoms with E-state index < -0.39 is 59.4 Å². The second kappa shape index (κ2) is 11.0. The number of carbonyl (C=O) groups is 3. The Morgan fingerprint density at radius 3 is 2.11 bits per heavy atom. The highest BCUT2D eigenvalue weighted by Crippen LogP contribution is 2.36. The van der Waals surface area contributed by atoms with E-state index in [0.29, 0.717) is 12.1 Å². The Bertz CT molecular complexity index is 1130. The van der Waals surface area contributed by atoms with E-state index in [-0.39, 0.29) is 49.5 Å². The van der Waals surface area contributed by atoms with Crippen LogP contribution >= 0.6 is 11.3 Å². The fourth-order valence-electron chi connectivity index (χ4n) is 3.76. The van der Waals surface area contributed by atoms with E-state index in [1.807, 2.05) is 0 Å². The van der Waals surface area contributed by atoms with Crippen LogP contribution in [0, 0.1) is 0 Å². The van der Waals surface area contributed by atoms with E-state index >= 15 is 0 Å². The van der Waals surface area contributed by atoms with E-state index in [4.69, 9.17) is 10.5 Å². The Morgan fingerprint density at radius 1 is 1.08 bits per heavy atom. The molecule has 0 radical (unpaired) electrons. The topological polar surface area (TPSA) is 106 Å². The van der Waals surface area contributed by atoms with Crippen molar-refractivity contribution in [3.05, 3.63) is 51.0 Å². The van der Waals surface area contributed by atoms with Crippen LogP contribution in [-0.2, 0) is 39.6 Å². The number of halogens is 6. The number of rotatable bonds is 7. The number of benzene rings is 1. The molecular formula is C22H22F6N4O4S. The van der Waals surface area contributed by atoms with Gasteiger partial charge in [-0.15, -0.1) is 11.3 Å². The summed E-state index contributed by atoms with van der Waals surface area (Å²) in [5, 5.41) is 1.57. The highest BCUT2D eigenvalue weighted by atomic mass is 32.1. The Hall–Kier alpha value is -3.20. The highest BCUT2D eigenvalue weighted by Gasteiger charge is 2.38. The average molecular weight is 552 g/mol. The van der Waals surface area contributed by atoms with Crippen LogP contribution in [0.3, 0.4) is 0 Å². The summed E-state index contributed by atoms with van der Waals surface area (Å²) in [7, 11) is 0. The maximum Gasteiger partial charge on any atom is 0.416 e. The van der Waals surface area contributed by atoms with Crippen molar-refractivity contribution in [3.8, 4) is 0 Å². The number of amides is 3. The van der Waals surface area contributed by atoms with E-state index in [2.05, 4.69) is 4.98 Å². The first-order valence-electron chi connectivity index (χ1n) is 10.8. The number of aromatic nitrogens is 1. The van der Waals surface area contributed by atoms with Crippen molar-refractivity contribution in [1.82, 2.24) is 14.8 Å². The van der Waals surface area contributed by atoms with Crippen LogP contribution in [0.4, 0.5) is 26.3 Å². The molecule has 1 aromatic heterocycles. The van der Waals surface area contributed by atoms with Gasteiger partial charge in [-0.3, -0.25) is 14.4 Å². The zero-order valence-electron chi connectivity index (χ0n) is 19.4. The largest absolute Gasteiger partial charge is 0.416 e. The molecule has 1 aliphatic rings. The molecule has 3 amide bonds. The maximum absolute atomic E-state index is 13.4. The SMILES string of the molecule is CC(=O)N(Cc1cc(C(F)(F)F)cc(C(F)(F)F)c1)[C@@H](Cc1nc(C(N)=O)cs1)C(=O)N1CCOCC1. The lowest BCUT2D eigenvalue weighted by Crippen LogP contribution is -2.53. The third-order valence-electron chi connectivity index (χ3n) is 5.56. The predicted octanol–water partition coefficient (Wildman–Crippen LogP) is 3.10. The lowest BCUT2D eigenvalue weighted by Gasteiger charge is -2.35. The highest BCUT2D eigenvalue weighted by molar-refractivity contribution is 7.09. The third kappa shape index (κ3) is 7.19. The number of nitrogens with zero attached hydrogens (tertiary/aromatic N) is 3. The summed E-state index contributed by atoms with van der Waals surface area (Å²) in [6.45, 7) is 1.11. The van der Waals surface area contributed by atoms with Crippen molar-refractivity contribution in [2.45, 2.75) is 38.3 Å². The fraction of sp³-hybridized carbons (Fsp3) is 0.455. The maximum atomic E-state index is 13.4. The number of hydrogen-bond acceptors (Lipinski definition) is 6. The molecule has 15 heteroatoms. The van der Waals surface area contributed by atoms with Gasteiger partial charge in [0.2, 0.25) is 11.8 Å². The molecule has 2 heterocycles. The van der Waals surface area contributed by atoms with Crippen LogP contribution in [0.5, 0.6) is 0 Å². The van der Waals surface area contributed by atoms with Gasteiger partial charge in [-0.2, -0.15) is 26.3 Å². The smallest absolute Gasteiger partial charge is 0.378 e. The number of morpholine rings is 1. The summed E-state index contributed by atoms with van der Waals surface area (Å²) >= 11 is 0.974. The zero-order chi connectivity index (χ0) is 27.5. The molecule has 0 bridgehead atoms. The van der Waals surface area contributed by atoms with Gasteiger partial charge in [-0.05, 0) is 23.8 Å². The Labute approximate surface area is 211 Å². The summed E-state index contributed by atoms with van der Waals surface area (Å²) < 4.78 is 85.3. The van der Waals surface area contributed by atoms with E-state index in [1.165, 1.54) is 10.3 Å². The summed E-state index contributed by atoms with van der Waals surface area (Å²) in [4.78, 5) is 43.8. The number of primary amides is 1. The molecule has 0 aliphatic carbocycles. The molecule has 0 spiro atoms. The van der Waals surface area contributed by atoms with Gasteiger partial charge >= 0.3 is 12.4 Å². The minimum absolute atomic E-state index is 0.0150. The molecular weight excluding hydrogens is 530 g/mol. The number of hydrogen-bond donors (Lipinski definition) is 1. The number of ether oxygens (including phenoxy) is 1. The summed E-state index contributed by atoms with van der Waals surface area (Å²) in [5.41, 5.74) is 1.59. The molecule has 0 unspecified atom stereocenters. The first kappa shape index (κ1) is 28.4. The van der Waals surface area contributed by atoms with E-state index in [0.717, 1.165) is 23.2 Å². The first-order chi connectivity index (χ1) is 17.2. The van der Waals surface area contributed by atoms with Crippen LogP contribution < -0.4 is 5.73 Å². The summed E-state index contributed by atoms with van der Waals surface area (Å²) in [6.07, 6.45) is -10.4. The van der Waals surface area contributed by atoms with Crippen molar-refractivity contribution in [1.29, 1.82) is 0 Å². The second-order valence-corrected chi connectivity index (χ2v) is 9.15. The lowest BCUT2D eigenvalue weighted by molar-refractivity contribution is -0.148. The standard InChI is InChI=1S/C22H22F6N4O4S/c1-12(33)32(10-13-6-14(21(23,24)25)8-15(7-13)22(26,27)28)17(20(35)31-2-4-36-5-3-31)9-18-30-16(11-37-18)19(29)34/h6-8,11,17H,2-5,9-10H2,1H3,(H2,29,34)/t17-/m0/s1. The molecule has 0 saturated carbocycles. The Balaban J connectivity index is 2.03. The van der Waals surface area contributed by atoms with Crippen molar-refractivity contribution in [3.63, 3.8) is 0 Å². The molecule has 3 rings (SSSR count). The molecule has 1 aromatic carbocycles. The van der Waals surface area contributed by atoms with Gasteiger partial charge in [0.15, 0.2) is 0 Å². The van der Waals surface area contributed by atoms with Crippen LogP contribution in [0.25, 0.3) is 0 Å². The molecule has 1 fully saturated rings. The number of carbonyl (C=O) groups excluding carboxylic acids is 3. The normalized spacial score (nSPS) is 15.4. The van der Waals surface area contributed by atoms with Gasteiger partial charge in [-0.25, -0.2) is 4.98 Å². The molecule has 1 atom stereocenters. The van der Waals surface area contributed by atoms with Crippen LogP contribution in [0.2, 0.25) is 0 Å². The Morgan fingerprint density at radius 2 is 1.65 bits per heavy atom. The molecule has 1 aliphatic heterocycles. The zero-order valence-corrected chi connectivity index (χ0v) is 20.2. The van der Waals surface area contributed by atoms with Gasteiger partial charge in [0.05, 0.1) is 29.3 Å². The van der Waals surface area contributed by atoms with Crippen molar-refractivity contribution >= 4 is 29.1 Å². The van der Waals surface area contributed by atoms with Gasteiger partial charge in [-0.1, -0.05) is 0 Å². The average Bonchev–Trinajstić information content (AvgIpc) is 3.29. The molecule has 2 aromatic rings. The Kier molecular flexibility index (Phi) is 8.47. The van der Waals surface area contributed by atoms with Crippen molar-refractivity contribution < 1.29 is 45.5 Å². The van der Waals surface area contributed by atoms with Gasteiger partial charge < -0.3 is 20.3 Å². The molecule has 1 saturated heterocycles. The molecule has 2 N–H and O–H groups in total. The minimum Gasteiger partial charge on any atom is -0.378 e. The molecule has 202 valence electrons. The summed E-state index contributed by atoms with van der Waals surface area (Å²) in [6, 6.07) is -0.323. The number of nitrogens with two attached hydrogens (primary N) is 1. The number of thiazole rings is 1. The molecule has 37 heavy (non-hydrogen) atoms. The predicted molar refractivity (Wildman–Crippen MR) is 118 cm³/mol.